The van der Waals surface area contributed by atoms with E-state index in [1.807, 2.05) is 23.1 Å². The zero-order chi connectivity index (χ0) is 22.8. The SMILES string of the molecule is CC(=O)O.CC(=O)O.C[C@H]1C[C@H](n2ccnc2-c2cccc(-n3cccn3)c2)CCN1. The second-order valence-corrected chi connectivity index (χ2v) is 7.23. The van der Waals surface area contributed by atoms with Crippen LogP contribution in [0.15, 0.2) is 55.1 Å². The first kappa shape index (κ1) is 23.8. The molecule has 0 unspecified atom stereocenters. The molecule has 1 aromatic carbocycles. The van der Waals surface area contributed by atoms with Crippen LogP contribution in [-0.2, 0) is 9.59 Å². The highest BCUT2D eigenvalue weighted by Crippen LogP contribution is 2.28. The van der Waals surface area contributed by atoms with Gasteiger partial charge in [0.15, 0.2) is 0 Å². The Morgan fingerprint density at radius 1 is 1.10 bits per heavy atom. The first-order valence-electron chi connectivity index (χ1n) is 10.0. The summed E-state index contributed by atoms with van der Waals surface area (Å²) in [4.78, 5) is 22.6. The first-order valence-corrected chi connectivity index (χ1v) is 10.0. The Kier molecular flexibility index (Phi) is 8.95. The topological polar surface area (TPSA) is 122 Å². The van der Waals surface area contributed by atoms with Crippen LogP contribution >= 0.6 is 0 Å². The van der Waals surface area contributed by atoms with Gasteiger partial charge in [-0.15, -0.1) is 0 Å². The molecule has 1 aliphatic heterocycles. The summed E-state index contributed by atoms with van der Waals surface area (Å²) in [6.45, 7) is 5.48. The minimum absolute atomic E-state index is 0.511. The van der Waals surface area contributed by atoms with Gasteiger partial charge in [0.1, 0.15) is 5.82 Å². The Hall–Kier alpha value is -3.46. The number of piperidine rings is 1. The van der Waals surface area contributed by atoms with E-state index in [0.717, 1.165) is 50.3 Å². The fourth-order valence-electron chi connectivity index (χ4n) is 3.40. The number of imidazole rings is 1. The number of nitrogens with one attached hydrogen (secondary N) is 1. The quantitative estimate of drug-likeness (QED) is 0.586. The molecule has 0 saturated carbocycles. The van der Waals surface area contributed by atoms with Gasteiger partial charge in [-0.05, 0) is 44.5 Å². The standard InChI is InChI=1S/C18H21N5.2C2H4O2/c1-14-12-16(6-8-19-14)22-11-9-20-18(22)15-4-2-5-17(13-15)23-10-3-7-21-23;2*1-2(3)4/h2-5,7,9-11,13-14,16,19H,6,8,12H2,1H3;2*1H3,(H,3,4)/t14-,16+;;/m0../s1. The van der Waals surface area contributed by atoms with Gasteiger partial charge in [0, 0.05) is 56.3 Å². The van der Waals surface area contributed by atoms with Gasteiger partial charge >= 0.3 is 0 Å². The smallest absolute Gasteiger partial charge is 0.300 e. The van der Waals surface area contributed by atoms with Crippen LogP contribution in [0, 0.1) is 0 Å². The molecule has 9 heteroatoms. The van der Waals surface area contributed by atoms with E-state index >= 15 is 0 Å². The summed E-state index contributed by atoms with van der Waals surface area (Å²) in [7, 11) is 0. The molecule has 9 nitrogen and oxygen atoms in total. The maximum atomic E-state index is 9.00. The van der Waals surface area contributed by atoms with Crippen LogP contribution < -0.4 is 5.32 Å². The highest BCUT2D eigenvalue weighted by molar-refractivity contribution is 5.63. The van der Waals surface area contributed by atoms with Gasteiger partial charge in [0.2, 0.25) is 0 Å². The summed E-state index contributed by atoms with van der Waals surface area (Å²) in [6, 6.07) is 11.4. The molecule has 4 rings (SSSR count). The van der Waals surface area contributed by atoms with Crippen molar-refractivity contribution in [1.82, 2.24) is 24.6 Å². The minimum Gasteiger partial charge on any atom is -0.481 e. The van der Waals surface area contributed by atoms with Crippen molar-refractivity contribution >= 4 is 11.9 Å². The second kappa shape index (κ2) is 11.7. The number of nitrogens with zero attached hydrogens (tertiary/aromatic N) is 4. The molecule has 3 N–H and O–H groups in total. The van der Waals surface area contributed by atoms with Crippen molar-refractivity contribution in [1.29, 1.82) is 0 Å². The minimum atomic E-state index is -0.833. The lowest BCUT2D eigenvalue weighted by atomic mass is 10.00. The number of carboxylic acid groups (broad SMARTS) is 2. The lowest BCUT2D eigenvalue weighted by molar-refractivity contribution is -0.135. The van der Waals surface area contributed by atoms with Crippen LogP contribution in [0.4, 0.5) is 0 Å². The molecule has 0 bridgehead atoms. The van der Waals surface area contributed by atoms with Crippen LogP contribution in [0.1, 0.15) is 39.7 Å². The maximum absolute atomic E-state index is 9.00. The molecular weight excluding hydrogens is 398 g/mol. The lowest BCUT2D eigenvalue weighted by Gasteiger charge is -2.30. The summed E-state index contributed by atoms with van der Waals surface area (Å²) in [6.07, 6.45) is 10.1. The third-order valence-corrected chi connectivity index (χ3v) is 4.53. The van der Waals surface area contributed by atoms with E-state index < -0.39 is 11.9 Å². The molecule has 1 fully saturated rings. The van der Waals surface area contributed by atoms with Crippen LogP contribution in [-0.4, -0.2) is 54.1 Å². The zero-order valence-electron chi connectivity index (χ0n) is 18.0. The third-order valence-electron chi connectivity index (χ3n) is 4.53. The number of rotatable bonds is 3. The van der Waals surface area contributed by atoms with Crippen molar-refractivity contribution in [3.8, 4) is 17.1 Å². The van der Waals surface area contributed by atoms with E-state index in [0.29, 0.717) is 12.1 Å². The number of carbonyl (C=O) groups is 2. The normalized spacial score (nSPS) is 17.5. The molecule has 3 aromatic rings. The molecular formula is C22H29N5O4. The summed E-state index contributed by atoms with van der Waals surface area (Å²) in [5, 5.41) is 22.7. The van der Waals surface area contributed by atoms with E-state index in [1.54, 1.807) is 6.20 Å². The van der Waals surface area contributed by atoms with Crippen LogP contribution in [0.5, 0.6) is 0 Å². The van der Waals surface area contributed by atoms with Gasteiger partial charge in [-0.25, -0.2) is 9.67 Å². The van der Waals surface area contributed by atoms with Crippen LogP contribution in [0.3, 0.4) is 0 Å². The molecule has 31 heavy (non-hydrogen) atoms. The predicted octanol–water partition coefficient (Wildman–Crippen LogP) is 3.23. The molecule has 0 radical (unpaired) electrons. The Morgan fingerprint density at radius 3 is 2.42 bits per heavy atom. The fraction of sp³-hybridized carbons (Fsp3) is 0.364. The van der Waals surface area contributed by atoms with Gasteiger partial charge in [-0.2, -0.15) is 5.10 Å². The monoisotopic (exact) mass is 427 g/mol. The van der Waals surface area contributed by atoms with Gasteiger partial charge in [0.25, 0.3) is 11.9 Å². The van der Waals surface area contributed by atoms with Gasteiger partial charge in [-0.1, -0.05) is 12.1 Å². The molecule has 0 aliphatic carbocycles. The highest BCUT2D eigenvalue weighted by Gasteiger charge is 2.22. The highest BCUT2D eigenvalue weighted by atomic mass is 16.4. The van der Waals surface area contributed by atoms with E-state index in [2.05, 4.69) is 57.4 Å². The Labute approximate surface area is 181 Å². The average molecular weight is 428 g/mol. The predicted molar refractivity (Wildman–Crippen MR) is 117 cm³/mol. The summed E-state index contributed by atoms with van der Waals surface area (Å²) >= 11 is 0. The van der Waals surface area contributed by atoms with Crippen LogP contribution in [0.25, 0.3) is 17.1 Å². The lowest BCUT2D eigenvalue weighted by Crippen LogP contribution is -2.36. The van der Waals surface area contributed by atoms with E-state index in [1.165, 1.54) is 0 Å². The third kappa shape index (κ3) is 7.71. The van der Waals surface area contributed by atoms with Crippen molar-refractivity contribution in [2.24, 2.45) is 0 Å². The van der Waals surface area contributed by atoms with Crippen molar-refractivity contribution < 1.29 is 19.8 Å². The molecule has 0 amide bonds. The summed E-state index contributed by atoms with van der Waals surface area (Å²) in [5.41, 5.74) is 2.19. The van der Waals surface area contributed by atoms with Crippen LogP contribution in [0.2, 0.25) is 0 Å². The number of benzene rings is 1. The summed E-state index contributed by atoms with van der Waals surface area (Å²) in [5.74, 6) is -0.627. The van der Waals surface area contributed by atoms with E-state index in [4.69, 9.17) is 19.8 Å². The first-order chi connectivity index (χ1) is 14.8. The number of carboxylic acids is 2. The molecule has 166 valence electrons. The van der Waals surface area contributed by atoms with Crippen molar-refractivity contribution in [2.45, 2.75) is 45.7 Å². The molecule has 2 aromatic heterocycles. The molecule has 3 heterocycles. The largest absolute Gasteiger partial charge is 0.481 e. The van der Waals surface area contributed by atoms with Gasteiger partial charge in [-0.3, -0.25) is 9.59 Å². The van der Waals surface area contributed by atoms with Crippen molar-refractivity contribution in [3.63, 3.8) is 0 Å². The summed E-state index contributed by atoms with van der Waals surface area (Å²) < 4.78 is 4.21. The average Bonchev–Trinajstić information content (AvgIpc) is 3.39. The molecule has 0 spiro atoms. The zero-order valence-corrected chi connectivity index (χ0v) is 18.0. The van der Waals surface area contributed by atoms with E-state index in [-0.39, 0.29) is 0 Å². The number of aliphatic carboxylic acids is 2. The maximum Gasteiger partial charge on any atom is 0.300 e. The molecule has 1 aliphatic rings. The Balaban J connectivity index is 0.000000370. The number of hydrogen-bond donors (Lipinski definition) is 3. The van der Waals surface area contributed by atoms with Crippen molar-refractivity contribution in [2.75, 3.05) is 6.54 Å². The molecule has 2 atom stereocenters. The number of aromatic nitrogens is 4. The second-order valence-electron chi connectivity index (χ2n) is 7.23. The Morgan fingerprint density at radius 2 is 1.81 bits per heavy atom. The van der Waals surface area contributed by atoms with Gasteiger partial charge in [0.05, 0.1) is 5.69 Å². The Bertz CT molecular complexity index is 948. The number of hydrogen-bond acceptors (Lipinski definition) is 5. The van der Waals surface area contributed by atoms with E-state index in [9.17, 15) is 0 Å². The van der Waals surface area contributed by atoms with Crippen molar-refractivity contribution in [3.05, 3.63) is 55.1 Å². The fourth-order valence-corrected chi connectivity index (χ4v) is 3.40. The molecule has 1 saturated heterocycles. The van der Waals surface area contributed by atoms with Gasteiger partial charge < -0.3 is 20.1 Å².